The van der Waals surface area contributed by atoms with Crippen LogP contribution >= 0.6 is 0 Å². The van der Waals surface area contributed by atoms with E-state index in [9.17, 15) is 18.0 Å². The highest BCUT2D eigenvalue weighted by Crippen LogP contribution is 2.26. The Labute approximate surface area is 146 Å². The SMILES string of the molecule is O=C(O)c1ccc(S(=O)(=O)N2CCC(C(=O)NC3CCCC3)CC2)o1. The van der Waals surface area contributed by atoms with Crippen LogP contribution in [-0.4, -0.2) is 48.8 Å². The van der Waals surface area contributed by atoms with Crippen LogP contribution in [-0.2, 0) is 14.8 Å². The lowest BCUT2D eigenvalue weighted by Gasteiger charge is -2.30. The van der Waals surface area contributed by atoms with Crippen molar-refractivity contribution in [3.05, 3.63) is 17.9 Å². The molecule has 2 heterocycles. The van der Waals surface area contributed by atoms with Gasteiger partial charge >= 0.3 is 5.97 Å². The second-order valence-corrected chi connectivity index (χ2v) is 8.46. The molecular weight excluding hydrogens is 348 g/mol. The number of piperidine rings is 1. The number of carbonyl (C=O) groups is 2. The Morgan fingerprint density at radius 1 is 1.12 bits per heavy atom. The minimum atomic E-state index is -3.87. The molecule has 138 valence electrons. The van der Waals surface area contributed by atoms with E-state index in [0.717, 1.165) is 37.8 Å². The summed E-state index contributed by atoms with van der Waals surface area (Å²) in [6.07, 6.45) is 5.22. The molecule has 9 heteroatoms. The van der Waals surface area contributed by atoms with Gasteiger partial charge in [0.05, 0.1) is 0 Å². The van der Waals surface area contributed by atoms with E-state index in [2.05, 4.69) is 5.32 Å². The fourth-order valence-electron chi connectivity index (χ4n) is 3.45. The van der Waals surface area contributed by atoms with E-state index in [4.69, 9.17) is 9.52 Å². The molecule has 8 nitrogen and oxygen atoms in total. The minimum absolute atomic E-state index is 0.00936. The third-order valence-corrected chi connectivity index (χ3v) is 6.69. The van der Waals surface area contributed by atoms with Gasteiger partial charge in [-0.15, -0.1) is 0 Å². The van der Waals surface area contributed by atoms with E-state index in [1.165, 1.54) is 4.31 Å². The van der Waals surface area contributed by atoms with Gasteiger partial charge < -0.3 is 14.8 Å². The number of amides is 1. The molecule has 1 aliphatic carbocycles. The maximum atomic E-state index is 12.5. The largest absolute Gasteiger partial charge is 0.475 e. The van der Waals surface area contributed by atoms with Crippen LogP contribution in [0.2, 0.25) is 0 Å². The van der Waals surface area contributed by atoms with Crippen LogP contribution in [0.1, 0.15) is 49.1 Å². The van der Waals surface area contributed by atoms with Gasteiger partial charge in [0.2, 0.25) is 16.8 Å². The summed E-state index contributed by atoms with van der Waals surface area (Å²) in [7, 11) is -3.87. The Morgan fingerprint density at radius 3 is 2.32 bits per heavy atom. The number of carbonyl (C=O) groups excluding carboxylic acids is 1. The normalized spacial score (nSPS) is 20.6. The highest BCUT2D eigenvalue weighted by atomic mass is 32.2. The van der Waals surface area contributed by atoms with E-state index in [1.54, 1.807) is 0 Å². The van der Waals surface area contributed by atoms with Crippen LogP contribution in [0.3, 0.4) is 0 Å². The van der Waals surface area contributed by atoms with Crippen LogP contribution in [0.15, 0.2) is 21.6 Å². The van der Waals surface area contributed by atoms with Crippen molar-refractivity contribution < 1.29 is 27.5 Å². The average Bonchev–Trinajstić information content (AvgIpc) is 3.26. The Kier molecular flexibility index (Phi) is 5.14. The summed E-state index contributed by atoms with van der Waals surface area (Å²) in [5, 5.41) is 11.5. The van der Waals surface area contributed by atoms with E-state index in [0.29, 0.717) is 12.8 Å². The molecule has 1 aromatic rings. The van der Waals surface area contributed by atoms with Crippen LogP contribution in [0.25, 0.3) is 0 Å². The summed E-state index contributed by atoms with van der Waals surface area (Å²) in [5.41, 5.74) is 0. The summed E-state index contributed by atoms with van der Waals surface area (Å²) >= 11 is 0. The van der Waals surface area contributed by atoms with Gasteiger partial charge in [-0.05, 0) is 37.8 Å². The van der Waals surface area contributed by atoms with Crippen molar-refractivity contribution in [2.75, 3.05) is 13.1 Å². The van der Waals surface area contributed by atoms with Crippen molar-refractivity contribution in [2.24, 2.45) is 5.92 Å². The topological polar surface area (TPSA) is 117 Å². The van der Waals surface area contributed by atoms with E-state index in [-0.39, 0.29) is 36.0 Å². The van der Waals surface area contributed by atoms with Crippen molar-refractivity contribution in [3.8, 4) is 0 Å². The van der Waals surface area contributed by atoms with E-state index >= 15 is 0 Å². The molecule has 1 aliphatic heterocycles. The number of carboxylic acid groups (broad SMARTS) is 1. The van der Waals surface area contributed by atoms with E-state index < -0.39 is 21.8 Å². The average molecular weight is 370 g/mol. The molecule has 2 aliphatic rings. The molecule has 2 fully saturated rings. The van der Waals surface area contributed by atoms with Crippen molar-refractivity contribution >= 4 is 21.9 Å². The molecule has 25 heavy (non-hydrogen) atoms. The Hall–Kier alpha value is -1.87. The lowest BCUT2D eigenvalue weighted by molar-refractivity contribution is -0.126. The molecule has 0 unspecified atom stereocenters. The van der Waals surface area contributed by atoms with Crippen molar-refractivity contribution in [1.29, 1.82) is 0 Å². The third kappa shape index (κ3) is 3.87. The zero-order valence-electron chi connectivity index (χ0n) is 13.8. The smallest absolute Gasteiger partial charge is 0.371 e. The van der Waals surface area contributed by atoms with Crippen LogP contribution in [0.4, 0.5) is 0 Å². The number of furan rings is 1. The summed E-state index contributed by atoms with van der Waals surface area (Å²) in [5.74, 6) is -1.90. The Bertz CT molecular complexity index is 742. The number of carboxylic acids is 1. The molecule has 2 N–H and O–H groups in total. The molecule has 1 amide bonds. The van der Waals surface area contributed by atoms with E-state index in [1.807, 2.05) is 0 Å². The van der Waals surface area contributed by atoms with Crippen LogP contribution < -0.4 is 5.32 Å². The highest BCUT2D eigenvalue weighted by molar-refractivity contribution is 7.89. The summed E-state index contributed by atoms with van der Waals surface area (Å²) < 4.78 is 31.2. The number of hydrogen-bond acceptors (Lipinski definition) is 5. The molecule has 1 saturated carbocycles. The molecule has 3 rings (SSSR count). The summed E-state index contributed by atoms with van der Waals surface area (Å²) in [4.78, 5) is 23.1. The number of aromatic carboxylic acids is 1. The molecule has 1 aromatic heterocycles. The Morgan fingerprint density at radius 2 is 1.76 bits per heavy atom. The maximum Gasteiger partial charge on any atom is 0.371 e. The zero-order valence-corrected chi connectivity index (χ0v) is 14.6. The maximum absolute atomic E-state index is 12.5. The Balaban J connectivity index is 1.58. The number of nitrogens with zero attached hydrogens (tertiary/aromatic N) is 1. The lowest BCUT2D eigenvalue weighted by atomic mass is 9.97. The molecule has 0 atom stereocenters. The number of hydrogen-bond donors (Lipinski definition) is 2. The van der Waals surface area contributed by atoms with Crippen molar-refractivity contribution in [3.63, 3.8) is 0 Å². The molecular formula is C16H22N2O6S. The quantitative estimate of drug-likeness (QED) is 0.810. The monoisotopic (exact) mass is 370 g/mol. The molecule has 0 aromatic carbocycles. The highest BCUT2D eigenvalue weighted by Gasteiger charge is 2.34. The van der Waals surface area contributed by atoms with Gasteiger partial charge in [-0.1, -0.05) is 12.8 Å². The second kappa shape index (κ2) is 7.17. The first-order valence-electron chi connectivity index (χ1n) is 8.51. The predicted molar refractivity (Wildman–Crippen MR) is 87.5 cm³/mol. The van der Waals surface area contributed by atoms with Gasteiger partial charge in [0, 0.05) is 25.0 Å². The first-order valence-corrected chi connectivity index (χ1v) is 9.95. The predicted octanol–water partition coefficient (Wildman–Crippen LogP) is 1.44. The lowest BCUT2D eigenvalue weighted by Crippen LogP contribution is -2.44. The van der Waals surface area contributed by atoms with Crippen LogP contribution in [0, 0.1) is 5.92 Å². The molecule has 0 bridgehead atoms. The van der Waals surface area contributed by atoms with Gasteiger partial charge in [-0.3, -0.25) is 4.79 Å². The zero-order chi connectivity index (χ0) is 18.0. The minimum Gasteiger partial charge on any atom is -0.475 e. The molecule has 1 saturated heterocycles. The fourth-order valence-corrected chi connectivity index (χ4v) is 4.83. The van der Waals surface area contributed by atoms with Crippen molar-refractivity contribution in [2.45, 2.75) is 49.7 Å². The number of rotatable bonds is 5. The summed E-state index contributed by atoms with van der Waals surface area (Å²) in [6, 6.07) is 2.53. The second-order valence-electron chi connectivity index (χ2n) is 6.59. The first-order chi connectivity index (χ1) is 11.9. The molecule has 0 spiro atoms. The standard InChI is InChI=1S/C16H22N2O6S/c19-15(17-12-3-1-2-4-12)11-7-9-18(10-8-11)25(22,23)14-6-5-13(24-14)16(20)21/h5-6,11-12H,1-4,7-10H2,(H,17,19)(H,20,21). The van der Waals surface area contributed by atoms with Gasteiger partial charge in [-0.25, -0.2) is 13.2 Å². The van der Waals surface area contributed by atoms with Crippen molar-refractivity contribution in [1.82, 2.24) is 9.62 Å². The van der Waals surface area contributed by atoms with Gasteiger partial charge in [-0.2, -0.15) is 4.31 Å². The number of nitrogens with one attached hydrogen (secondary N) is 1. The number of sulfonamides is 1. The molecule has 0 radical (unpaired) electrons. The van der Waals surface area contributed by atoms with Gasteiger partial charge in [0.25, 0.3) is 10.0 Å². The van der Waals surface area contributed by atoms with Gasteiger partial charge in [0.1, 0.15) is 0 Å². The first kappa shape index (κ1) is 17.9. The van der Waals surface area contributed by atoms with Gasteiger partial charge in [0.15, 0.2) is 0 Å². The summed E-state index contributed by atoms with van der Waals surface area (Å²) in [6.45, 7) is 0.433. The fraction of sp³-hybridized carbons (Fsp3) is 0.625. The third-order valence-electron chi connectivity index (χ3n) is 4.91. The van der Waals surface area contributed by atoms with Crippen LogP contribution in [0.5, 0.6) is 0 Å².